The van der Waals surface area contributed by atoms with E-state index >= 15 is 0 Å². The predicted molar refractivity (Wildman–Crippen MR) is 87.2 cm³/mol. The second-order valence-corrected chi connectivity index (χ2v) is 6.23. The van der Waals surface area contributed by atoms with E-state index in [0.717, 1.165) is 23.5 Å². The molecule has 0 amide bonds. The Morgan fingerprint density at radius 3 is 2.92 bits per heavy atom. The topological polar surface area (TPSA) is 59.4 Å². The highest BCUT2D eigenvalue weighted by molar-refractivity contribution is 7.98. The molecule has 0 aliphatic rings. The van der Waals surface area contributed by atoms with Gasteiger partial charge in [0.2, 0.25) is 0 Å². The minimum absolute atomic E-state index is 0.180. The monoisotopic (exact) mass is 351 g/mol. The van der Waals surface area contributed by atoms with Crippen molar-refractivity contribution < 1.29 is 13.5 Å². The van der Waals surface area contributed by atoms with Gasteiger partial charge in [0.15, 0.2) is 17.3 Å². The van der Waals surface area contributed by atoms with Crippen LogP contribution in [0.2, 0.25) is 0 Å². The Morgan fingerprint density at radius 2 is 2.17 bits per heavy atom. The van der Waals surface area contributed by atoms with Crippen LogP contribution in [-0.4, -0.2) is 21.7 Å². The number of methoxy groups -OCH3 is 1. The minimum Gasteiger partial charge on any atom is -0.375 e. The highest BCUT2D eigenvalue weighted by Gasteiger charge is 2.12. The molecule has 0 fully saturated rings. The number of H-pyrrole nitrogens is 1. The van der Waals surface area contributed by atoms with Gasteiger partial charge in [0, 0.05) is 29.9 Å². The summed E-state index contributed by atoms with van der Waals surface area (Å²) in [5.41, 5.74) is 1.40. The molecular formula is C16H15F2N3O2S. The summed E-state index contributed by atoms with van der Waals surface area (Å²) in [6.07, 6.45) is -0.203. The number of aromatic nitrogens is 3. The summed E-state index contributed by atoms with van der Waals surface area (Å²) in [5, 5.41) is 2.93. The number of fused-ring (bicyclic) bond motifs is 1. The largest absolute Gasteiger partial charge is 0.375 e. The Kier molecular flexibility index (Phi) is 4.68. The summed E-state index contributed by atoms with van der Waals surface area (Å²) in [4.78, 5) is 16.7. The zero-order chi connectivity index (χ0) is 17.3. The molecule has 2 aromatic heterocycles. The lowest BCUT2D eigenvalue weighted by atomic mass is 10.3. The summed E-state index contributed by atoms with van der Waals surface area (Å²) in [7, 11) is 1.57. The van der Waals surface area contributed by atoms with Gasteiger partial charge in [-0.3, -0.25) is 9.89 Å². The third-order valence-electron chi connectivity index (χ3n) is 3.61. The molecule has 0 bridgehead atoms. The highest BCUT2D eigenvalue weighted by atomic mass is 32.2. The number of aromatic amines is 1. The third-order valence-corrected chi connectivity index (χ3v) is 4.67. The SMILES string of the molecule is COC(C)c1cc2nc(CSc3cccc(F)c3F)cc(=O)n2[nH]1. The van der Waals surface area contributed by atoms with E-state index in [1.807, 2.05) is 6.92 Å². The Hall–Kier alpha value is -2.19. The van der Waals surface area contributed by atoms with Crippen molar-refractivity contribution in [1.82, 2.24) is 14.6 Å². The molecule has 1 atom stereocenters. The van der Waals surface area contributed by atoms with Crippen molar-refractivity contribution >= 4 is 17.4 Å². The van der Waals surface area contributed by atoms with E-state index in [-0.39, 0.29) is 22.3 Å². The van der Waals surface area contributed by atoms with Crippen molar-refractivity contribution in [1.29, 1.82) is 0 Å². The van der Waals surface area contributed by atoms with Gasteiger partial charge in [-0.05, 0) is 19.1 Å². The normalized spacial score (nSPS) is 12.7. The smallest absolute Gasteiger partial charge is 0.272 e. The zero-order valence-electron chi connectivity index (χ0n) is 13.0. The van der Waals surface area contributed by atoms with Gasteiger partial charge in [0.05, 0.1) is 17.5 Å². The second-order valence-electron chi connectivity index (χ2n) is 5.21. The van der Waals surface area contributed by atoms with Crippen molar-refractivity contribution in [3.8, 4) is 0 Å². The summed E-state index contributed by atoms with van der Waals surface area (Å²) in [6, 6.07) is 7.09. The molecule has 0 spiro atoms. The molecule has 0 saturated heterocycles. The molecule has 3 aromatic rings. The molecule has 0 aliphatic heterocycles. The lowest BCUT2D eigenvalue weighted by Gasteiger charge is -2.04. The third kappa shape index (κ3) is 3.20. The first-order valence-corrected chi connectivity index (χ1v) is 8.19. The predicted octanol–water partition coefficient (Wildman–Crippen LogP) is 3.30. The Labute approximate surface area is 140 Å². The van der Waals surface area contributed by atoms with Crippen molar-refractivity contribution in [3.63, 3.8) is 0 Å². The van der Waals surface area contributed by atoms with Crippen LogP contribution in [0.4, 0.5) is 8.78 Å². The number of rotatable bonds is 5. The van der Waals surface area contributed by atoms with Crippen LogP contribution in [0.3, 0.4) is 0 Å². The molecule has 1 N–H and O–H groups in total. The standard InChI is InChI=1S/C16H15F2N3O2S/c1-9(23-2)12-7-14-19-10(6-15(22)21(14)20-12)8-24-13-5-3-4-11(17)16(13)18/h3-7,9,20H,8H2,1-2H3. The molecule has 3 rings (SSSR count). The van der Waals surface area contributed by atoms with Crippen molar-refractivity contribution in [2.75, 3.05) is 7.11 Å². The van der Waals surface area contributed by atoms with Crippen LogP contribution in [0, 0.1) is 11.6 Å². The summed E-state index contributed by atoms with van der Waals surface area (Å²) in [5.74, 6) is -1.53. The quantitative estimate of drug-likeness (QED) is 0.717. The van der Waals surface area contributed by atoms with Gasteiger partial charge >= 0.3 is 0 Å². The number of nitrogens with one attached hydrogen (secondary N) is 1. The first kappa shape index (κ1) is 16.7. The van der Waals surface area contributed by atoms with E-state index in [0.29, 0.717) is 11.3 Å². The molecule has 5 nitrogen and oxygen atoms in total. The van der Waals surface area contributed by atoms with Crippen molar-refractivity contribution in [2.45, 2.75) is 23.7 Å². The molecular weight excluding hydrogens is 336 g/mol. The van der Waals surface area contributed by atoms with E-state index in [1.165, 1.54) is 22.7 Å². The average molecular weight is 351 g/mol. The van der Waals surface area contributed by atoms with E-state index in [4.69, 9.17) is 4.74 Å². The fraction of sp³-hybridized carbons (Fsp3) is 0.250. The van der Waals surface area contributed by atoms with Crippen molar-refractivity contribution in [2.24, 2.45) is 0 Å². The minimum atomic E-state index is -0.896. The molecule has 24 heavy (non-hydrogen) atoms. The van der Waals surface area contributed by atoms with Crippen LogP contribution >= 0.6 is 11.8 Å². The van der Waals surface area contributed by atoms with Crippen LogP contribution in [0.5, 0.6) is 0 Å². The van der Waals surface area contributed by atoms with Gasteiger partial charge in [-0.1, -0.05) is 6.07 Å². The van der Waals surface area contributed by atoms with E-state index in [9.17, 15) is 13.6 Å². The molecule has 8 heteroatoms. The van der Waals surface area contributed by atoms with Crippen LogP contribution in [0.15, 0.2) is 40.0 Å². The maximum atomic E-state index is 13.7. The highest BCUT2D eigenvalue weighted by Crippen LogP contribution is 2.26. The molecule has 0 radical (unpaired) electrons. The van der Waals surface area contributed by atoms with Gasteiger partial charge < -0.3 is 4.74 Å². The number of ether oxygens (including phenoxy) is 1. The van der Waals surface area contributed by atoms with Crippen LogP contribution in [0.25, 0.3) is 5.65 Å². The van der Waals surface area contributed by atoms with E-state index in [2.05, 4.69) is 10.1 Å². The molecule has 0 saturated carbocycles. The molecule has 126 valence electrons. The summed E-state index contributed by atoms with van der Waals surface area (Å²) in [6.45, 7) is 1.85. The second kappa shape index (κ2) is 6.74. The first-order valence-electron chi connectivity index (χ1n) is 7.21. The van der Waals surface area contributed by atoms with Crippen LogP contribution in [-0.2, 0) is 10.5 Å². The van der Waals surface area contributed by atoms with Crippen LogP contribution < -0.4 is 5.56 Å². The van der Waals surface area contributed by atoms with Gasteiger partial charge in [-0.2, -0.15) is 0 Å². The lowest BCUT2D eigenvalue weighted by molar-refractivity contribution is 0.115. The first-order chi connectivity index (χ1) is 11.5. The van der Waals surface area contributed by atoms with E-state index < -0.39 is 11.6 Å². The maximum Gasteiger partial charge on any atom is 0.272 e. The molecule has 1 unspecified atom stereocenters. The Morgan fingerprint density at radius 1 is 1.38 bits per heavy atom. The number of halogens is 2. The van der Waals surface area contributed by atoms with Gasteiger partial charge in [-0.15, -0.1) is 11.8 Å². The molecule has 2 heterocycles. The van der Waals surface area contributed by atoms with Gasteiger partial charge in [0.1, 0.15) is 0 Å². The van der Waals surface area contributed by atoms with E-state index in [1.54, 1.807) is 13.2 Å². The van der Waals surface area contributed by atoms with Crippen molar-refractivity contribution in [3.05, 3.63) is 63.7 Å². The number of hydrogen-bond acceptors (Lipinski definition) is 4. The Balaban J connectivity index is 1.87. The number of nitrogens with zero attached hydrogens (tertiary/aromatic N) is 2. The van der Waals surface area contributed by atoms with Gasteiger partial charge in [0.25, 0.3) is 5.56 Å². The Bertz CT molecular complexity index is 939. The van der Waals surface area contributed by atoms with Gasteiger partial charge in [-0.25, -0.2) is 18.3 Å². The summed E-state index contributed by atoms with van der Waals surface area (Å²) >= 11 is 1.09. The fourth-order valence-corrected chi connectivity index (χ4v) is 3.07. The fourth-order valence-electron chi connectivity index (χ4n) is 2.22. The maximum absolute atomic E-state index is 13.7. The number of thioether (sulfide) groups is 1. The zero-order valence-corrected chi connectivity index (χ0v) is 13.9. The molecule has 1 aromatic carbocycles. The number of benzene rings is 1. The molecule has 0 aliphatic carbocycles. The summed E-state index contributed by atoms with van der Waals surface area (Å²) < 4.78 is 33.4. The number of hydrogen-bond donors (Lipinski definition) is 1. The van der Waals surface area contributed by atoms with Crippen LogP contribution in [0.1, 0.15) is 24.4 Å². The lowest BCUT2D eigenvalue weighted by Crippen LogP contribution is -2.15. The average Bonchev–Trinajstić information content (AvgIpc) is 3.00.